The van der Waals surface area contributed by atoms with Crippen LogP contribution in [0.2, 0.25) is 0 Å². The van der Waals surface area contributed by atoms with Crippen molar-refractivity contribution >= 4 is 32.4 Å². The molecule has 2 aromatic carbocycles. The molecule has 4 aromatic rings. The number of ether oxygens (including phenoxy) is 1. The largest absolute Gasteiger partial charge is 0.418 e. The number of rotatable bonds is 7. The number of benzene rings is 2. The first-order valence-electron chi connectivity index (χ1n) is 11.8. The van der Waals surface area contributed by atoms with E-state index in [2.05, 4.69) is 20.3 Å². The molecule has 5 rings (SSSR count). The van der Waals surface area contributed by atoms with E-state index in [0.29, 0.717) is 35.6 Å². The summed E-state index contributed by atoms with van der Waals surface area (Å²) in [7, 11) is -2.11. The minimum atomic E-state index is -4.55. The van der Waals surface area contributed by atoms with Crippen molar-refractivity contribution in [1.29, 1.82) is 0 Å². The maximum absolute atomic E-state index is 13.5. The molecular formula is C26H24F3N5O3S. The fourth-order valence-corrected chi connectivity index (χ4v) is 6.31. The molecule has 1 aliphatic rings. The first-order valence-corrected chi connectivity index (χ1v) is 13.3. The van der Waals surface area contributed by atoms with E-state index >= 15 is 0 Å². The summed E-state index contributed by atoms with van der Waals surface area (Å²) < 4.78 is 73.4. The molecular weight excluding hydrogens is 519 g/mol. The van der Waals surface area contributed by atoms with Crippen LogP contribution in [0.3, 0.4) is 0 Å². The Morgan fingerprint density at radius 3 is 2.61 bits per heavy atom. The number of sulfonamides is 1. The molecule has 1 saturated heterocycles. The molecule has 198 valence electrons. The Morgan fingerprint density at radius 2 is 1.87 bits per heavy atom. The van der Waals surface area contributed by atoms with Gasteiger partial charge in [0.25, 0.3) is 0 Å². The van der Waals surface area contributed by atoms with E-state index < -0.39 is 21.8 Å². The Morgan fingerprint density at radius 1 is 1.08 bits per heavy atom. The maximum atomic E-state index is 13.5. The lowest BCUT2D eigenvalue weighted by Gasteiger charge is -2.23. The van der Waals surface area contributed by atoms with Gasteiger partial charge in [-0.05, 0) is 61.4 Å². The van der Waals surface area contributed by atoms with Crippen LogP contribution in [0.4, 0.5) is 24.7 Å². The summed E-state index contributed by atoms with van der Waals surface area (Å²) >= 11 is 0. The van der Waals surface area contributed by atoms with E-state index in [-0.39, 0.29) is 22.2 Å². The summed E-state index contributed by atoms with van der Waals surface area (Å²) in [5.41, 5.74) is 0.281. The zero-order valence-corrected chi connectivity index (χ0v) is 21.1. The van der Waals surface area contributed by atoms with Crippen molar-refractivity contribution < 1.29 is 26.3 Å². The third kappa shape index (κ3) is 5.06. The molecule has 0 radical (unpaired) electrons. The van der Waals surface area contributed by atoms with Crippen LogP contribution in [0.1, 0.15) is 18.4 Å². The van der Waals surface area contributed by atoms with Crippen molar-refractivity contribution in [1.82, 2.24) is 19.3 Å². The number of nitrogens with zero attached hydrogens (tertiary/aromatic N) is 4. The van der Waals surface area contributed by atoms with Crippen LogP contribution >= 0.6 is 0 Å². The Kier molecular flexibility index (Phi) is 7.03. The fourth-order valence-electron chi connectivity index (χ4n) is 4.63. The van der Waals surface area contributed by atoms with Gasteiger partial charge in [0.2, 0.25) is 10.0 Å². The van der Waals surface area contributed by atoms with E-state index in [4.69, 9.17) is 4.74 Å². The number of hydrogen-bond donors (Lipinski definition) is 1. The summed E-state index contributed by atoms with van der Waals surface area (Å²) in [5, 5.41) is 3.72. The van der Waals surface area contributed by atoms with Crippen LogP contribution < -0.4 is 5.32 Å². The second-order valence-electron chi connectivity index (χ2n) is 8.87. The zero-order valence-electron chi connectivity index (χ0n) is 20.3. The molecule has 2 aromatic heterocycles. The van der Waals surface area contributed by atoms with Crippen LogP contribution in [-0.4, -0.2) is 54.0 Å². The number of aromatic nitrogens is 3. The number of halogens is 3. The van der Waals surface area contributed by atoms with Crippen LogP contribution in [-0.2, 0) is 20.9 Å². The van der Waals surface area contributed by atoms with Crippen LogP contribution in [0.25, 0.3) is 22.2 Å². The molecule has 8 nitrogen and oxygen atoms in total. The Bertz CT molecular complexity index is 1560. The third-order valence-corrected chi connectivity index (χ3v) is 8.39. The Labute approximate surface area is 217 Å². The highest BCUT2D eigenvalue weighted by Gasteiger charge is 2.35. The van der Waals surface area contributed by atoms with Gasteiger partial charge in [0.05, 0.1) is 28.3 Å². The van der Waals surface area contributed by atoms with Crippen molar-refractivity contribution in [2.45, 2.75) is 30.0 Å². The van der Waals surface area contributed by atoms with Crippen molar-refractivity contribution in [3.8, 4) is 11.3 Å². The summed E-state index contributed by atoms with van der Waals surface area (Å²) in [6.45, 7) is 0.799. The molecule has 0 saturated carbocycles. The topological polar surface area (TPSA) is 97.3 Å². The van der Waals surface area contributed by atoms with Gasteiger partial charge in [0.15, 0.2) is 0 Å². The molecule has 1 N–H and O–H groups in total. The number of methoxy groups -OCH3 is 1. The SMILES string of the molecule is COCC1CCCN1S(=O)(=O)c1ccc(Nc2ncnc3cc(-c4ncccc4C(F)(F)F)ccc23)cc1. The second-order valence-corrected chi connectivity index (χ2v) is 10.8. The van der Waals surface area contributed by atoms with Crippen molar-refractivity contribution in [3.05, 3.63) is 72.7 Å². The normalized spacial score (nSPS) is 16.7. The number of alkyl halides is 3. The predicted octanol–water partition coefficient (Wildman–Crippen LogP) is 5.25. The molecule has 1 atom stereocenters. The zero-order chi connectivity index (χ0) is 26.9. The van der Waals surface area contributed by atoms with E-state index in [1.54, 1.807) is 25.3 Å². The van der Waals surface area contributed by atoms with Crippen molar-refractivity contribution in [3.63, 3.8) is 0 Å². The third-order valence-electron chi connectivity index (χ3n) is 6.43. The van der Waals surface area contributed by atoms with Gasteiger partial charge in [-0.3, -0.25) is 4.98 Å². The van der Waals surface area contributed by atoms with Gasteiger partial charge in [-0.2, -0.15) is 17.5 Å². The van der Waals surface area contributed by atoms with E-state index in [1.807, 2.05) is 0 Å². The van der Waals surface area contributed by atoms with Crippen molar-refractivity contribution in [2.24, 2.45) is 0 Å². The number of nitrogens with one attached hydrogen (secondary N) is 1. The quantitative estimate of drug-likeness (QED) is 0.340. The number of hydrogen-bond acceptors (Lipinski definition) is 7. The molecule has 38 heavy (non-hydrogen) atoms. The van der Waals surface area contributed by atoms with Crippen LogP contribution in [0.5, 0.6) is 0 Å². The molecule has 3 heterocycles. The molecule has 0 bridgehead atoms. The standard InChI is InChI=1S/C26H24F3N5O3S/c1-37-15-19-4-3-13-34(19)38(35,36)20-9-7-18(8-10-20)33-25-21-11-6-17(14-23(21)31-16-32-25)24-22(26(27,28)29)5-2-12-30-24/h2,5-12,14,16,19H,3-4,13,15H2,1H3,(H,31,32,33). The molecule has 1 aliphatic heterocycles. The monoisotopic (exact) mass is 543 g/mol. The average molecular weight is 544 g/mol. The molecule has 1 fully saturated rings. The second kappa shape index (κ2) is 10.3. The Balaban J connectivity index is 1.41. The summed E-state index contributed by atoms with van der Waals surface area (Å²) in [6.07, 6.45) is -0.386. The van der Waals surface area contributed by atoms with E-state index in [1.165, 1.54) is 47.2 Å². The lowest BCUT2D eigenvalue weighted by atomic mass is 10.0. The molecule has 0 spiro atoms. The lowest BCUT2D eigenvalue weighted by molar-refractivity contribution is -0.137. The van der Waals surface area contributed by atoms with Gasteiger partial charge in [-0.1, -0.05) is 6.07 Å². The average Bonchev–Trinajstić information content (AvgIpc) is 3.38. The first-order chi connectivity index (χ1) is 18.2. The van der Waals surface area contributed by atoms with E-state index in [9.17, 15) is 21.6 Å². The van der Waals surface area contributed by atoms with Gasteiger partial charge in [-0.25, -0.2) is 18.4 Å². The van der Waals surface area contributed by atoms with E-state index in [0.717, 1.165) is 18.9 Å². The summed E-state index contributed by atoms with van der Waals surface area (Å²) in [4.78, 5) is 12.6. The fraction of sp³-hybridized carbons (Fsp3) is 0.269. The number of fused-ring (bicyclic) bond motifs is 1. The maximum Gasteiger partial charge on any atom is 0.418 e. The number of pyridine rings is 1. The highest BCUT2D eigenvalue weighted by Crippen LogP contribution is 2.37. The molecule has 0 aliphatic carbocycles. The van der Waals surface area contributed by atoms with Crippen LogP contribution in [0, 0.1) is 0 Å². The van der Waals surface area contributed by atoms with Gasteiger partial charge in [-0.15, -0.1) is 0 Å². The van der Waals surface area contributed by atoms with Crippen LogP contribution in [0.15, 0.2) is 72.0 Å². The first kappa shape index (κ1) is 26.0. The van der Waals surface area contributed by atoms with Gasteiger partial charge < -0.3 is 10.1 Å². The highest BCUT2D eigenvalue weighted by atomic mass is 32.2. The molecule has 12 heteroatoms. The summed E-state index contributed by atoms with van der Waals surface area (Å²) in [6, 6.07) is 13.1. The molecule has 1 unspecified atom stereocenters. The van der Waals surface area contributed by atoms with Gasteiger partial charge in [0.1, 0.15) is 12.1 Å². The minimum Gasteiger partial charge on any atom is -0.383 e. The van der Waals surface area contributed by atoms with Crippen molar-refractivity contribution in [2.75, 3.05) is 25.6 Å². The van der Waals surface area contributed by atoms with Gasteiger partial charge in [0, 0.05) is 42.5 Å². The smallest absolute Gasteiger partial charge is 0.383 e. The molecule has 0 amide bonds. The Hall–Kier alpha value is -3.61. The summed E-state index contributed by atoms with van der Waals surface area (Å²) in [5.74, 6) is 0.425. The minimum absolute atomic E-state index is 0.180. The van der Waals surface area contributed by atoms with Gasteiger partial charge >= 0.3 is 6.18 Å². The highest BCUT2D eigenvalue weighted by molar-refractivity contribution is 7.89. The predicted molar refractivity (Wildman–Crippen MR) is 136 cm³/mol. The number of anilines is 2. The lowest BCUT2D eigenvalue weighted by Crippen LogP contribution is -2.38.